The molecule has 0 saturated heterocycles. The van der Waals surface area contributed by atoms with Gasteiger partial charge in [-0.05, 0) is 53.4 Å². The van der Waals surface area contributed by atoms with Crippen LogP contribution in [0.1, 0.15) is 28.4 Å². The first-order valence-electron chi connectivity index (χ1n) is 11.6. The van der Waals surface area contributed by atoms with Gasteiger partial charge in [0, 0.05) is 17.2 Å². The summed E-state index contributed by atoms with van der Waals surface area (Å²) < 4.78 is 36.0. The summed E-state index contributed by atoms with van der Waals surface area (Å²) in [6.45, 7) is 0. The summed E-state index contributed by atoms with van der Waals surface area (Å²) in [6, 6.07) is 16.3. The predicted molar refractivity (Wildman–Crippen MR) is 136 cm³/mol. The van der Waals surface area contributed by atoms with E-state index in [4.69, 9.17) is 28.4 Å². The van der Waals surface area contributed by atoms with Crippen LogP contribution in [0.4, 0.5) is 0 Å². The summed E-state index contributed by atoms with van der Waals surface area (Å²) in [5, 5.41) is 2.18. The summed E-state index contributed by atoms with van der Waals surface area (Å²) in [7, 11) is 9.92. The standard InChI is InChI=1S/C29H30NO6/c1-31-23-8-7-18(13-24(23)32-2)29-21-16-28(36-6)26(34-4)14-19(21)11-22-20-15-27(35-5)25(33-3)12-17(20)9-10-30(22)29/h7-10,12-16,29H,11H2,1-6H3/q+1/t29-/m0/s1. The molecule has 7 nitrogen and oxygen atoms in total. The van der Waals surface area contributed by atoms with Crippen molar-refractivity contribution >= 4 is 10.8 Å². The summed E-state index contributed by atoms with van der Waals surface area (Å²) in [5.74, 6) is 4.16. The monoisotopic (exact) mass is 488 g/mol. The zero-order valence-electron chi connectivity index (χ0n) is 21.4. The molecule has 3 aromatic carbocycles. The van der Waals surface area contributed by atoms with Crippen LogP contribution in [0.5, 0.6) is 34.5 Å². The molecule has 1 aliphatic rings. The van der Waals surface area contributed by atoms with Crippen molar-refractivity contribution in [2.45, 2.75) is 12.5 Å². The van der Waals surface area contributed by atoms with Crippen LogP contribution in [0, 0.1) is 0 Å². The van der Waals surface area contributed by atoms with Gasteiger partial charge < -0.3 is 28.4 Å². The lowest BCUT2D eigenvalue weighted by molar-refractivity contribution is -0.712. The van der Waals surface area contributed by atoms with Gasteiger partial charge in [0.2, 0.25) is 6.04 Å². The Labute approximate surface area is 210 Å². The zero-order chi connectivity index (χ0) is 25.4. The number of hydrogen-bond donors (Lipinski definition) is 0. The number of ether oxygens (including phenoxy) is 6. The van der Waals surface area contributed by atoms with Crippen molar-refractivity contribution in [2.75, 3.05) is 42.7 Å². The van der Waals surface area contributed by atoms with Crippen LogP contribution in [-0.2, 0) is 6.42 Å². The molecule has 0 bridgehead atoms. The van der Waals surface area contributed by atoms with Crippen molar-refractivity contribution in [3.63, 3.8) is 0 Å². The van der Waals surface area contributed by atoms with Crippen molar-refractivity contribution in [1.82, 2.24) is 0 Å². The first-order chi connectivity index (χ1) is 17.6. The molecule has 7 heteroatoms. The van der Waals surface area contributed by atoms with Crippen LogP contribution in [-0.4, -0.2) is 42.7 Å². The lowest BCUT2D eigenvalue weighted by atomic mass is 9.86. The number of rotatable bonds is 7. The molecule has 0 amide bonds. The molecule has 0 fully saturated rings. The fourth-order valence-electron chi connectivity index (χ4n) is 5.14. The average molecular weight is 489 g/mol. The lowest BCUT2D eigenvalue weighted by Gasteiger charge is -2.26. The molecule has 4 aromatic rings. The molecule has 0 unspecified atom stereocenters. The smallest absolute Gasteiger partial charge is 0.209 e. The van der Waals surface area contributed by atoms with E-state index in [2.05, 4.69) is 41.1 Å². The Morgan fingerprint density at radius 3 is 1.86 bits per heavy atom. The number of aromatic nitrogens is 1. The molecule has 0 N–H and O–H groups in total. The summed E-state index contributed by atoms with van der Waals surface area (Å²) in [5.41, 5.74) is 4.52. The molecular formula is C29H30NO6+. The van der Waals surface area contributed by atoms with Crippen molar-refractivity contribution in [3.8, 4) is 34.5 Å². The van der Waals surface area contributed by atoms with Gasteiger partial charge in [-0.25, -0.2) is 0 Å². The highest BCUT2D eigenvalue weighted by Gasteiger charge is 2.37. The van der Waals surface area contributed by atoms with Gasteiger partial charge >= 0.3 is 0 Å². The maximum Gasteiger partial charge on any atom is 0.209 e. The van der Waals surface area contributed by atoms with E-state index in [9.17, 15) is 0 Å². The molecule has 5 rings (SSSR count). The Hall–Kier alpha value is -4.13. The van der Waals surface area contributed by atoms with E-state index in [-0.39, 0.29) is 6.04 Å². The van der Waals surface area contributed by atoms with Gasteiger partial charge in [-0.1, -0.05) is 0 Å². The Morgan fingerprint density at radius 1 is 0.611 bits per heavy atom. The highest BCUT2D eigenvalue weighted by molar-refractivity contribution is 5.87. The number of hydrogen-bond acceptors (Lipinski definition) is 6. The van der Waals surface area contributed by atoms with Gasteiger partial charge in [-0.2, -0.15) is 4.57 Å². The van der Waals surface area contributed by atoms with E-state index in [1.807, 2.05) is 18.2 Å². The van der Waals surface area contributed by atoms with Gasteiger partial charge in [-0.3, -0.25) is 0 Å². The highest BCUT2D eigenvalue weighted by Crippen LogP contribution is 2.42. The third kappa shape index (κ3) is 3.71. The van der Waals surface area contributed by atoms with E-state index in [1.54, 1.807) is 42.7 Å². The Balaban J connectivity index is 1.81. The van der Waals surface area contributed by atoms with E-state index in [1.165, 1.54) is 0 Å². The molecule has 1 atom stereocenters. The molecule has 0 aliphatic carbocycles. The maximum absolute atomic E-state index is 5.67. The third-order valence-corrected chi connectivity index (χ3v) is 6.89. The van der Waals surface area contributed by atoms with Gasteiger partial charge in [0.1, 0.15) is 0 Å². The van der Waals surface area contributed by atoms with Crippen LogP contribution >= 0.6 is 0 Å². The molecule has 2 heterocycles. The van der Waals surface area contributed by atoms with Crippen molar-refractivity contribution < 1.29 is 33.0 Å². The number of benzene rings is 3. The fourth-order valence-corrected chi connectivity index (χ4v) is 5.14. The van der Waals surface area contributed by atoms with E-state index in [0.717, 1.165) is 33.2 Å². The van der Waals surface area contributed by atoms with E-state index < -0.39 is 0 Å². The van der Waals surface area contributed by atoms with Crippen molar-refractivity contribution in [1.29, 1.82) is 0 Å². The van der Waals surface area contributed by atoms with Crippen LogP contribution in [0.15, 0.2) is 54.7 Å². The second kappa shape index (κ2) is 9.49. The Kier molecular flexibility index (Phi) is 6.22. The van der Waals surface area contributed by atoms with Crippen LogP contribution < -0.4 is 33.0 Å². The van der Waals surface area contributed by atoms with E-state index in [0.29, 0.717) is 40.9 Å². The number of methoxy groups -OCH3 is 6. The molecule has 1 aromatic heterocycles. The molecule has 0 spiro atoms. The second-order valence-electron chi connectivity index (χ2n) is 8.56. The molecule has 0 radical (unpaired) electrons. The molecule has 1 aliphatic heterocycles. The molecule has 0 saturated carbocycles. The normalized spacial score (nSPS) is 14.0. The SMILES string of the molecule is COc1ccc([C@H]2c3cc(OC)c(OC)cc3Cc3c4cc(OC)c(OC)cc4cc[n+]32)cc1OC. The number of pyridine rings is 1. The van der Waals surface area contributed by atoms with Crippen LogP contribution in [0.2, 0.25) is 0 Å². The van der Waals surface area contributed by atoms with Gasteiger partial charge in [0.25, 0.3) is 0 Å². The molecule has 186 valence electrons. The minimum atomic E-state index is -0.124. The van der Waals surface area contributed by atoms with Gasteiger partial charge in [-0.15, -0.1) is 0 Å². The zero-order valence-corrected chi connectivity index (χ0v) is 21.4. The fraction of sp³-hybridized carbons (Fsp3) is 0.276. The lowest BCUT2D eigenvalue weighted by Crippen LogP contribution is -2.47. The Bertz CT molecular complexity index is 1450. The van der Waals surface area contributed by atoms with Crippen LogP contribution in [0.3, 0.4) is 0 Å². The largest absolute Gasteiger partial charge is 0.493 e. The van der Waals surface area contributed by atoms with Crippen molar-refractivity contribution in [2.24, 2.45) is 0 Å². The summed E-state index contributed by atoms with van der Waals surface area (Å²) >= 11 is 0. The van der Waals surface area contributed by atoms with Gasteiger partial charge in [0.15, 0.2) is 46.4 Å². The number of fused-ring (bicyclic) bond motifs is 4. The minimum Gasteiger partial charge on any atom is -0.493 e. The third-order valence-electron chi connectivity index (χ3n) is 6.89. The predicted octanol–water partition coefficient (Wildman–Crippen LogP) is 4.72. The average Bonchev–Trinajstić information content (AvgIpc) is 2.93. The summed E-state index contributed by atoms with van der Waals surface area (Å²) in [6.07, 6.45) is 2.84. The maximum atomic E-state index is 5.67. The number of nitrogens with zero attached hydrogens (tertiary/aromatic N) is 1. The quantitative estimate of drug-likeness (QED) is 0.309. The molecular weight excluding hydrogens is 458 g/mol. The van der Waals surface area contributed by atoms with Crippen LogP contribution in [0.25, 0.3) is 10.8 Å². The van der Waals surface area contributed by atoms with E-state index >= 15 is 0 Å². The molecule has 36 heavy (non-hydrogen) atoms. The van der Waals surface area contributed by atoms with Gasteiger partial charge in [0.05, 0.1) is 54.5 Å². The second-order valence-corrected chi connectivity index (χ2v) is 8.56. The Morgan fingerprint density at radius 2 is 1.19 bits per heavy atom. The highest BCUT2D eigenvalue weighted by atomic mass is 16.5. The topological polar surface area (TPSA) is 59.3 Å². The first-order valence-corrected chi connectivity index (χ1v) is 11.6. The summed E-state index contributed by atoms with van der Waals surface area (Å²) in [4.78, 5) is 0. The van der Waals surface area contributed by atoms with Crippen molar-refractivity contribution in [3.05, 3.63) is 77.1 Å². The minimum absolute atomic E-state index is 0.124. The first kappa shape index (κ1) is 23.6.